The highest BCUT2D eigenvalue weighted by Gasteiger charge is 2.00. The van der Waals surface area contributed by atoms with Crippen molar-refractivity contribution in [2.45, 2.75) is 20.8 Å². The Kier molecular flexibility index (Phi) is 3.09. The summed E-state index contributed by atoms with van der Waals surface area (Å²) in [5.74, 6) is 5.35. The Morgan fingerprint density at radius 1 is 1.14 bits per heavy atom. The molecule has 0 unspecified atom stereocenters. The average Bonchev–Trinajstić information content (AvgIpc) is 2.14. The van der Waals surface area contributed by atoms with Gasteiger partial charge in [-0.15, -0.1) is 0 Å². The predicted molar refractivity (Wildman–Crippen MR) is 59.3 cm³/mol. The quantitative estimate of drug-likeness (QED) is 0.269. The van der Waals surface area contributed by atoms with Crippen LogP contribution in [0.3, 0.4) is 0 Å². The predicted octanol–water partition coefficient (Wildman–Crippen LogP) is 1.02. The number of benzene rings is 1. The van der Waals surface area contributed by atoms with Gasteiger partial charge in [-0.25, -0.2) is 10.8 Å². The first-order valence-electron chi connectivity index (χ1n) is 4.43. The lowest BCUT2D eigenvalue weighted by Gasteiger charge is -2.06. The Morgan fingerprint density at radius 3 is 2.29 bits per heavy atom. The van der Waals surface area contributed by atoms with Gasteiger partial charge in [0.1, 0.15) is 0 Å². The van der Waals surface area contributed by atoms with Crippen molar-refractivity contribution in [2.24, 2.45) is 16.6 Å². The maximum absolute atomic E-state index is 5.48. The molecular formula is C10H16N4. The number of aliphatic imine (C=N–C) groups is 1. The second-order valence-electron chi connectivity index (χ2n) is 3.36. The number of hydrogen-bond acceptors (Lipinski definition) is 2. The van der Waals surface area contributed by atoms with Crippen LogP contribution in [-0.2, 0) is 0 Å². The molecule has 0 heterocycles. The number of rotatable bonds is 1. The summed E-state index contributed by atoms with van der Waals surface area (Å²) in [4.78, 5) is 4.14. The van der Waals surface area contributed by atoms with Crippen LogP contribution in [0.1, 0.15) is 16.7 Å². The Morgan fingerprint density at radius 2 is 1.71 bits per heavy atom. The van der Waals surface area contributed by atoms with Crippen LogP contribution in [0.4, 0.5) is 5.69 Å². The van der Waals surface area contributed by atoms with E-state index in [1.54, 1.807) is 0 Å². The SMILES string of the molecule is Cc1cc(C)c(N=C(N)NN)cc1C. The number of hydrazine groups is 1. The van der Waals surface area contributed by atoms with Crippen molar-refractivity contribution < 1.29 is 0 Å². The lowest BCUT2D eigenvalue weighted by atomic mass is 10.1. The van der Waals surface area contributed by atoms with Gasteiger partial charge in [-0.2, -0.15) is 0 Å². The van der Waals surface area contributed by atoms with Gasteiger partial charge < -0.3 is 5.73 Å². The minimum absolute atomic E-state index is 0.219. The maximum atomic E-state index is 5.48. The Hall–Kier alpha value is -1.55. The maximum Gasteiger partial charge on any atom is 0.208 e. The van der Waals surface area contributed by atoms with Crippen molar-refractivity contribution in [1.29, 1.82) is 0 Å². The molecule has 0 saturated heterocycles. The first kappa shape index (κ1) is 10.5. The van der Waals surface area contributed by atoms with Gasteiger partial charge in [0.25, 0.3) is 0 Å². The topological polar surface area (TPSA) is 76.4 Å². The van der Waals surface area contributed by atoms with Crippen LogP contribution < -0.4 is 17.0 Å². The Labute approximate surface area is 84.0 Å². The second-order valence-corrected chi connectivity index (χ2v) is 3.36. The molecule has 14 heavy (non-hydrogen) atoms. The molecule has 0 amide bonds. The average molecular weight is 192 g/mol. The fourth-order valence-corrected chi connectivity index (χ4v) is 1.23. The smallest absolute Gasteiger partial charge is 0.208 e. The van der Waals surface area contributed by atoms with Crippen molar-refractivity contribution in [3.05, 3.63) is 28.8 Å². The van der Waals surface area contributed by atoms with E-state index in [9.17, 15) is 0 Å². The highest BCUT2D eigenvalue weighted by atomic mass is 15.3. The van der Waals surface area contributed by atoms with E-state index >= 15 is 0 Å². The molecule has 0 spiro atoms. The molecule has 4 heteroatoms. The van der Waals surface area contributed by atoms with E-state index in [2.05, 4.69) is 23.4 Å². The fraction of sp³-hybridized carbons (Fsp3) is 0.300. The summed E-state index contributed by atoms with van der Waals surface area (Å²) in [5, 5.41) is 0. The number of aryl methyl sites for hydroxylation is 3. The standard InChI is InChI=1S/C10H16N4/c1-6-4-8(3)9(5-7(6)2)13-10(11)14-12/h4-5H,12H2,1-3H3,(H3,11,13,14). The summed E-state index contributed by atoms with van der Waals surface area (Å²) in [6.45, 7) is 6.11. The molecule has 0 fully saturated rings. The molecule has 0 aliphatic carbocycles. The van der Waals surface area contributed by atoms with Crippen molar-refractivity contribution in [3.8, 4) is 0 Å². The zero-order valence-electron chi connectivity index (χ0n) is 8.76. The van der Waals surface area contributed by atoms with Gasteiger partial charge >= 0.3 is 0 Å². The van der Waals surface area contributed by atoms with Crippen molar-refractivity contribution in [3.63, 3.8) is 0 Å². The third kappa shape index (κ3) is 2.23. The van der Waals surface area contributed by atoms with Crippen LogP contribution in [0.5, 0.6) is 0 Å². The minimum Gasteiger partial charge on any atom is -0.369 e. The molecule has 1 rings (SSSR count). The van der Waals surface area contributed by atoms with Crippen molar-refractivity contribution in [1.82, 2.24) is 5.43 Å². The van der Waals surface area contributed by atoms with E-state index < -0.39 is 0 Å². The van der Waals surface area contributed by atoms with Crippen LogP contribution in [0.2, 0.25) is 0 Å². The molecule has 0 saturated carbocycles. The Bertz CT molecular complexity index is 369. The lowest BCUT2D eigenvalue weighted by molar-refractivity contribution is 1.01. The highest BCUT2D eigenvalue weighted by Crippen LogP contribution is 2.22. The van der Waals surface area contributed by atoms with Crippen LogP contribution >= 0.6 is 0 Å². The van der Waals surface area contributed by atoms with Crippen LogP contribution in [0.15, 0.2) is 17.1 Å². The zero-order chi connectivity index (χ0) is 10.7. The highest BCUT2D eigenvalue weighted by molar-refractivity contribution is 5.80. The summed E-state index contributed by atoms with van der Waals surface area (Å²) < 4.78 is 0. The van der Waals surface area contributed by atoms with Crippen LogP contribution in [0, 0.1) is 20.8 Å². The summed E-state index contributed by atoms with van der Waals surface area (Å²) >= 11 is 0. The molecular weight excluding hydrogens is 176 g/mol. The van der Waals surface area contributed by atoms with Gasteiger partial charge in [-0.05, 0) is 43.5 Å². The largest absolute Gasteiger partial charge is 0.369 e. The molecule has 0 radical (unpaired) electrons. The van der Waals surface area contributed by atoms with E-state index in [0.29, 0.717) is 0 Å². The van der Waals surface area contributed by atoms with E-state index in [4.69, 9.17) is 11.6 Å². The zero-order valence-corrected chi connectivity index (χ0v) is 8.76. The lowest BCUT2D eigenvalue weighted by Crippen LogP contribution is -2.36. The fourth-order valence-electron chi connectivity index (χ4n) is 1.23. The molecule has 1 aromatic rings. The van der Waals surface area contributed by atoms with E-state index in [1.165, 1.54) is 11.1 Å². The minimum atomic E-state index is 0.219. The van der Waals surface area contributed by atoms with E-state index in [-0.39, 0.29) is 5.96 Å². The van der Waals surface area contributed by atoms with Gasteiger partial charge in [0.05, 0.1) is 5.69 Å². The monoisotopic (exact) mass is 192 g/mol. The normalized spacial score (nSPS) is 11.6. The van der Waals surface area contributed by atoms with Gasteiger partial charge in [0, 0.05) is 0 Å². The molecule has 76 valence electrons. The second kappa shape index (κ2) is 4.11. The Balaban J connectivity index is 3.16. The first-order chi connectivity index (χ1) is 6.54. The molecule has 0 bridgehead atoms. The molecule has 5 N–H and O–H groups in total. The number of nitrogens with zero attached hydrogens (tertiary/aromatic N) is 1. The third-order valence-corrected chi connectivity index (χ3v) is 2.20. The summed E-state index contributed by atoms with van der Waals surface area (Å²) in [6.07, 6.45) is 0. The van der Waals surface area contributed by atoms with Crippen LogP contribution in [0.25, 0.3) is 0 Å². The molecule has 0 atom stereocenters. The van der Waals surface area contributed by atoms with Gasteiger partial charge in [0.2, 0.25) is 5.96 Å². The van der Waals surface area contributed by atoms with Crippen LogP contribution in [-0.4, -0.2) is 5.96 Å². The number of nitrogens with one attached hydrogen (secondary N) is 1. The van der Waals surface area contributed by atoms with E-state index in [0.717, 1.165) is 11.3 Å². The van der Waals surface area contributed by atoms with Gasteiger partial charge in [-0.3, -0.25) is 5.43 Å². The third-order valence-electron chi connectivity index (χ3n) is 2.20. The molecule has 0 aliphatic rings. The molecule has 0 aromatic heterocycles. The number of hydrogen-bond donors (Lipinski definition) is 3. The van der Waals surface area contributed by atoms with Crippen molar-refractivity contribution in [2.75, 3.05) is 0 Å². The molecule has 0 aliphatic heterocycles. The first-order valence-corrected chi connectivity index (χ1v) is 4.43. The molecule has 1 aromatic carbocycles. The van der Waals surface area contributed by atoms with Gasteiger partial charge in [0.15, 0.2) is 0 Å². The summed E-state index contributed by atoms with van der Waals surface area (Å²) in [5.41, 5.74) is 12.2. The van der Waals surface area contributed by atoms with Crippen molar-refractivity contribution >= 4 is 11.6 Å². The number of nitrogens with two attached hydrogens (primary N) is 2. The van der Waals surface area contributed by atoms with E-state index in [1.807, 2.05) is 19.9 Å². The van der Waals surface area contributed by atoms with Gasteiger partial charge in [-0.1, -0.05) is 6.07 Å². The summed E-state index contributed by atoms with van der Waals surface area (Å²) in [6, 6.07) is 4.08. The molecule has 4 nitrogen and oxygen atoms in total. The summed E-state index contributed by atoms with van der Waals surface area (Å²) in [7, 11) is 0. The number of guanidine groups is 1.